The lowest BCUT2D eigenvalue weighted by Gasteiger charge is -2.48. The second-order valence-electron chi connectivity index (χ2n) is 8.29. The van der Waals surface area contributed by atoms with Gasteiger partial charge in [0, 0.05) is 0 Å². The second-order valence-corrected chi connectivity index (χ2v) is 8.29. The molecule has 9 N–H and O–H groups in total. The van der Waals surface area contributed by atoms with Crippen LogP contribution in [0.5, 0.6) is 0 Å². The summed E-state index contributed by atoms with van der Waals surface area (Å²) in [5.74, 6) is 0. The van der Waals surface area contributed by atoms with E-state index in [0.717, 1.165) is 0 Å². The molecule has 1 unspecified atom stereocenters. The Morgan fingerprint density at radius 3 is 1.76 bits per heavy atom. The lowest BCUT2D eigenvalue weighted by molar-refractivity contribution is -0.385. The fraction of sp³-hybridized carbons (Fsp3) is 1.00. The molecule has 0 amide bonds. The molecule has 0 aromatic heterocycles. The van der Waals surface area contributed by atoms with E-state index < -0.39 is 105 Å². The van der Waals surface area contributed by atoms with E-state index in [1.165, 1.54) is 6.92 Å². The molecule has 3 aliphatic rings. The molecule has 0 aromatic carbocycles. The molecule has 14 nitrogen and oxygen atoms in total. The van der Waals surface area contributed by atoms with Gasteiger partial charge in [-0.05, 0) is 6.92 Å². The predicted molar refractivity (Wildman–Crippen MR) is 98.7 cm³/mol. The van der Waals surface area contributed by atoms with E-state index in [4.69, 9.17) is 23.7 Å². The van der Waals surface area contributed by atoms with Crippen molar-refractivity contribution in [2.45, 2.75) is 99.0 Å². The average molecular weight is 490 g/mol. The van der Waals surface area contributed by atoms with Crippen molar-refractivity contribution in [2.75, 3.05) is 13.3 Å². The Balaban J connectivity index is 1.82. The van der Waals surface area contributed by atoms with Crippen molar-refractivity contribution in [3.63, 3.8) is 0 Å². The quantitative estimate of drug-likeness (QED) is 0.169. The minimum Gasteiger partial charge on any atom is -0.394 e. The van der Waals surface area contributed by atoms with E-state index in [-0.39, 0.29) is 0 Å². The highest BCUT2D eigenvalue weighted by Gasteiger charge is 2.53. The number of rotatable bonds is 6. The van der Waals surface area contributed by atoms with Gasteiger partial charge in [0.2, 0.25) is 0 Å². The van der Waals surface area contributed by atoms with Gasteiger partial charge < -0.3 is 69.6 Å². The summed E-state index contributed by atoms with van der Waals surface area (Å²) in [5.41, 5.74) is 0. The van der Waals surface area contributed by atoms with Crippen LogP contribution >= 0.6 is 0 Å². The van der Waals surface area contributed by atoms with Crippen molar-refractivity contribution in [2.24, 2.45) is 0 Å². The fourth-order valence-corrected chi connectivity index (χ4v) is 3.95. The molecular weight excluding hydrogens is 459 g/mol. The molecule has 3 aliphatic heterocycles. The number of aliphatic hydroxyl groups is 9. The van der Waals surface area contributed by atoms with Crippen molar-refractivity contribution in [1.82, 2.24) is 0 Å². The molecule has 3 rings (SSSR count). The van der Waals surface area contributed by atoms with Gasteiger partial charge in [-0.15, -0.1) is 0 Å². The number of hydrogen-bond acceptors (Lipinski definition) is 14. The number of alkyl halides is 1. The first-order valence-corrected chi connectivity index (χ1v) is 10.4. The first-order valence-electron chi connectivity index (χ1n) is 10.4. The van der Waals surface area contributed by atoms with E-state index >= 15 is 0 Å². The molecule has 0 aliphatic carbocycles. The lowest BCUT2D eigenvalue weighted by Crippen LogP contribution is -2.66. The van der Waals surface area contributed by atoms with Crippen LogP contribution in [0.25, 0.3) is 0 Å². The van der Waals surface area contributed by atoms with Crippen LogP contribution in [0.1, 0.15) is 6.92 Å². The Morgan fingerprint density at radius 1 is 0.636 bits per heavy atom. The lowest BCUT2D eigenvalue weighted by atomic mass is 9.96. The molecule has 0 radical (unpaired) electrons. The van der Waals surface area contributed by atoms with E-state index in [0.29, 0.717) is 0 Å². The molecule has 3 saturated heterocycles. The SMILES string of the molecule is C[C@@H]1O[C@@H](O[C@H]2C(O)O[C@H](CF)[C@H](O)[C@@H]2O[C@H]2O[C@H](CO)[C@H](O)[C@H](O)[C@H]2O)[C@@H](O)[C@H](O)[C@@H]1O. The minimum absolute atomic E-state index is 0.767. The average Bonchev–Trinajstić information content (AvgIpc) is 2.79. The topological polar surface area (TPSA) is 228 Å². The van der Waals surface area contributed by atoms with Gasteiger partial charge in [-0.25, -0.2) is 4.39 Å². The monoisotopic (exact) mass is 490 g/mol. The molecule has 0 bridgehead atoms. The smallest absolute Gasteiger partial charge is 0.187 e. The summed E-state index contributed by atoms with van der Waals surface area (Å²) in [5, 5.41) is 90.3. The van der Waals surface area contributed by atoms with Crippen molar-refractivity contribution >= 4 is 0 Å². The fourth-order valence-electron chi connectivity index (χ4n) is 3.95. The predicted octanol–water partition coefficient (Wildman–Crippen LogP) is -5.57. The summed E-state index contributed by atoms with van der Waals surface area (Å²) >= 11 is 0. The maximum atomic E-state index is 13.3. The van der Waals surface area contributed by atoms with Crippen LogP contribution in [0.15, 0.2) is 0 Å². The summed E-state index contributed by atoms with van der Waals surface area (Å²) in [7, 11) is 0. The highest BCUT2D eigenvalue weighted by Crippen LogP contribution is 2.32. The summed E-state index contributed by atoms with van der Waals surface area (Å²) in [4.78, 5) is 0. The van der Waals surface area contributed by atoms with Crippen LogP contribution < -0.4 is 0 Å². The zero-order chi connectivity index (χ0) is 24.6. The Hall–Kier alpha value is -0.630. The van der Waals surface area contributed by atoms with Crippen LogP contribution in [0, 0.1) is 0 Å². The van der Waals surface area contributed by atoms with Gasteiger partial charge in [0.15, 0.2) is 18.9 Å². The number of hydrogen-bond donors (Lipinski definition) is 9. The Bertz CT molecular complexity index is 629. The zero-order valence-corrected chi connectivity index (χ0v) is 17.5. The Labute approximate surface area is 187 Å². The Morgan fingerprint density at radius 2 is 1.18 bits per heavy atom. The summed E-state index contributed by atoms with van der Waals surface area (Å²) < 4.78 is 39.8. The van der Waals surface area contributed by atoms with Gasteiger partial charge in [0.25, 0.3) is 0 Å². The zero-order valence-electron chi connectivity index (χ0n) is 17.5. The summed E-state index contributed by atoms with van der Waals surface area (Å²) in [6.45, 7) is -0.652. The molecular formula is C18H31FO14. The molecule has 194 valence electrons. The van der Waals surface area contributed by atoms with E-state index in [2.05, 4.69) is 0 Å². The minimum atomic E-state index is -1.96. The third kappa shape index (κ3) is 5.31. The van der Waals surface area contributed by atoms with Crippen LogP contribution in [-0.2, 0) is 23.7 Å². The van der Waals surface area contributed by atoms with Crippen LogP contribution in [-0.4, -0.2) is 151 Å². The third-order valence-electron chi connectivity index (χ3n) is 6.03. The number of halogens is 1. The highest BCUT2D eigenvalue weighted by molar-refractivity contribution is 4.96. The molecule has 3 heterocycles. The highest BCUT2D eigenvalue weighted by atomic mass is 19.1. The van der Waals surface area contributed by atoms with Crippen LogP contribution in [0.3, 0.4) is 0 Å². The first kappa shape index (κ1) is 27.0. The molecule has 15 heteroatoms. The number of aliphatic hydroxyl groups excluding tert-OH is 9. The molecule has 33 heavy (non-hydrogen) atoms. The Kier molecular flexibility index (Phi) is 8.96. The summed E-state index contributed by atoms with van der Waals surface area (Å²) in [6.07, 6.45) is -24.9. The normalized spacial score (nSPS) is 53.7. The van der Waals surface area contributed by atoms with E-state index in [1.807, 2.05) is 0 Å². The molecule has 0 saturated carbocycles. The number of ether oxygens (including phenoxy) is 5. The van der Waals surface area contributed by atoms with Crippen LogP contribution in [0.4, 0.5) is 4.39 Å². The van der Waals surface area contributed by atoms with Crippen molar-refractivity contribution in [3.8, 4) is 0 Å². The standard InChI is InChI=1S/C18H31FO14/c1-4-7(21)10(24)12(26)17(29-4)33-15-14(9(23)5(2-19)30-16(15)28)32-18-13(27)11(25)8(22)6(3-20)31-18/h4-18,20-28H,2-3H2,1H3/t4-,5+,6+,7+,8-,9-,10+,11-,12-,13+,14-,15+,16?,17-,18+/m0/s1. The maximum absolute atomic E-state index is 13.3. The largest absolute Gasteiger partial charge is 0.394 e. The molecule has 15 atom stereocenters. The maximum Gasteiger partial charge on any atom is 0.187 e. The van der Waals surface area contributed by atoms with Gasteiger partial charge in [-0.3, -0.25) is 0 Å². The van der Waals surface area contributed by atoms with Gasteiger partial charge in [0.05, 0.1) is 12.7 Å². The van der Waals surface area contributed by atoms with Gasteiger partial charge >= 0.3 is 0 Å². The van der Waals surface area contributed by atoms with Gasteiger partial charge in [0.1, 0.15) is 73.8 Å². The first-order chi connectivity index (χ1) is 15.5. The molecule has 3 fully saturated rings. The molecule has 0 spiro atoms. The third-order valence-corrected chi connectivity index (χ3v) is 6.03. The van der Waals surface area contributed by atoms with E-state index in [9.17, 15) is 50.3 Å². The molecule has 0 aromatic rings. The summed E-state index contributed by atoms with van der Waals surface area (Å²) in [6, 6.07) is 0. The van der Waals surface area contributed by atoms with Gasteiger partial charge in [-0.2, -0.15) is 0 Å². The van der Waals surface area contributed by atoms with Crippen molar-refractivity contribution < 1.29 is 74.0 Å². The van der Waals surface area contributed by atoms with Gasteiger partial charge in [-0.1, -0.05) is 0 Å². The van der Waals surface area contributed by atoms with Crippen LogP contribution in [0.2, 0.25) is 0 Å². The second kappa shape index (κ2) is 11.0. The van der Waals surface area contributed by atoms with Crippen molar-refractivity contribution in [3.05, 3.63) is 0 Å². The van der Waals surface area contributed by atoms with E-state index in [1.54, 1.807) is 0 Å². The van der Waals surface area contributed by atoms with Crippen molar-refractivity contribution in [1.29, 1.82) is 0 Å².